The molecule has 0 radical (unpaired) electrons. The highest BCUT2D eigenvalue weighted by Gasteiger charge is 2.24. The molecule has 3 aromatic rings. The van der Waals surface area contributed by atoms with Gasteiger partial charge < -0.3 is 5.32 Å². The molecule has 0 aliphatic rings. The molecule has 3 rings (SSSR count). The number of nitrogens with one attached hydrogen (secondary N) is 1. The summed E-state index contributed by atoms with van der Waals surface area (Å²) in [4.78, 5) is 20.7. The van der Waals surface area contributed by atoms with Crippen molar-refractivity contribution in [3.8, 4) is 0 Å². The van der Waals surface area contributed by atoms with Gasteiger partial charge in [-0.05, 0) is 25.5 Å². The van der Waals surface area contributed by atoms with E-state index in [0.29, 0.717) is 11.5 Å². The fraction of sp³-hybridized carbons (Fsp3) is 0.188. The number of benzene rings is 1. The summed E-state index contributed by atoms with van der Waals surface area (Å²) in [7, 11) is 0. The third kappa shape index (κ3) is 2.63. The summed E-state index contributed by atoms with van der Waals surface area (Å²) in [5.74, 6) is 0.300. The van der Waals surface area contributed by atoms with Crippen molar-refractivity contribution in [1.82, 2.24) is 19.7 Å². The molecule has 0 fully saturated rings. The van der Waals surface area contributed by atoms with Crippen LogP contribution in [-0.2, 0) is 5.54 Å². The van der Waals surface area contributed by atoms with Gasteiger partial charge in [0.15, 0.2) is 0 Å². The van der Waals surface area contributed by atoms with E-state index in [1.807, 2.05) is 50.4 Å². The van der Waals surface area contributed by atoms with E-state index in [9.17, 15) is 4.79 Å². The van der Waals surface area contributed by atoms with Gasteiger partial charge in [-0.25, -0.2) is 9.97 Å². The number of amides is 1. The Hall–Kier alpha value is -2.69. The lowest BCUT2D eigenvalue weighted by Gasteiger charge is -2.26. The summed E-state index contributed by atoms with van der Waals surface area (Å²) in [5, 5.41) is 3.01. The Bertz CT molecular complexity index is 744. The van der Waals surface area contributed by atoms with E-state index < -0.39 is 5.54 Å². The minimum atomic E-state index is -0.471. The van der Waals surface area contributed by atoms with Gasteiger partial charge in [0.1, 0.15) is 5.69 Å². The first kappa shape index (κ1) is 13.3. The molecule has 0 saturated carbocycles. The number of carbonyl (C=O) groups excluding carboxylic acids is 1. The summed E-state index contributed by atoms with van der Waals surface area (Å²) >= 11 is 0. The minimum absolute atomic E-state index is 0.214. The highest BCUT2D eigenvalue weighted by molar-refractivity contribution is 5.93. The molecule has 1 aromatic carbocycles. The largest absolute Gasteiger partial charge is 0.342 e. The summed E-state index contributed by atoms with van der Waals surface area (Å²) < 4.78 is 1.73. The molecule has 5 heteroatoms. The quantitative estimate of drug-likeness (QED) is 0.801. The predicted octanol–water partition coefficient (Wildman–Crippen LogP) is 2.39. The van der Waals surface area contributed by atoms with Crippen molar-refractivity contribution in [2.45, 2.75) is 19.4 Å². The average molecular weight is 280 g/mol. The highest BCUT2D eigenvalue weighted by Crippen LogP contribution is 2.20. The smallest absolute Gasteiger partial charge is 0.272 e. The standard InChI is InChI=1S/C16H16N4O/c1-16(2,12-7-4-3-5-8-12)19-14(21)13-11-20-10-6-9-17-15(20)18-13/h3-11H,1-2H3,(H,19,21). The lowest BCUT2D eigenvalue weighted by Crippen LogP contribution is -2.41. The van der Waals surface area contributed by atoms with Crippen LogP contribution in [0.1, 0.15) is 29.9 Å². The molecule has 21 heavy (non-hydrogen) atoms. The normalized spacial score (nSPS) is 11.5. The van der Waals surface area contributed by atoms with Crippen LogP contribution in [0.25, 0.3) is 5.78 Å². The van der Waals surface area contributed by atoms with Crippen LogP contribution < -0.4 is 5.32 Å². The first-order valence-electron chi connectivity index (χ1n) is 6.74. The molecule has 1 amide bonds. The second-order valence-corrected chi connectivity index (χ2v) is 5.40. The van der Waals surface area contributed by atoms with Crippen LogP contribution in [0.5, 0.6) is 0 Å². The Morgan fingerprint density at radius 3 is 2.67 bits per heavy atom. The molecular weight excluding hydrogens is 264 g/mol. The molecule has 0 aliphatic heterocycles. The van der Waals surface area contributed by atoms with Crippen LogP contribution >= 0.6 is 0 Å². The summed E-state index contributed by atoms with van der Waals surface area (Å²) in [6.45, 7) is 3.93. The van der Waals surface area contributed by atoms with Gasteiger partial charge in [0.25, 0.3) is 5.91 Å². The number of fused-ring (bicyclic) bond motifs is 1. The topological polar surface area (TPSA) is 59.3 Å². The molecule has 0 aliphatic carbocycles. The maximum atomic E-state index is 12.4. The number of rotatable bonds is 3. The Balaban J connectivity index is 1.85. The first-order chi connectivity index (χ1) is 10.1. The molecule has 2 heterocycles. The number of hydrogen-bond donors (Lipinski definition) is 1. The SMILES string of the molecule is CC(C)(NC(=O)c1cn2cccnc2n1)c1ccccc1. The Kier molecular flexibility index (Phi) is 3.17. The maximum Gasteiger partial charge on any atom is 0.272 e. The Morgan fingerprint density at radius 1 is 1.19 bits per heavy atom. The lowest BCUT2D eigenvalue weighted by molar-refractivity contribution is 0.0907. The maximum absolute atomic E-state index is 12.4. The van der Waals surface area contributed by atoms with Crippen molar-refractivity contribution in [2.24, 2.45) is 0 Å². The molecule has 1 N–H and O–H groups in total. The van der Waals surface area contributed by atoms with E-state index in [4.69, 9.17) is 0 Å². The van der Waals surface area contributed by atoms with Crippen molar-refractivity contribution < 1.29 is 4.79 Å². The van der Waals surface area contributed by atoms with Gasteiger partial charge in [0.05, 0.1) is 5.54 Å². The van der Waals surface area contributed by atoms with E-state index in [0.717, 1.165) is 5.56 Å². The van der Waals surface area contributed by atoms with E-state index in [1.54, 1.807) is 22.9 Å². The fourth-order valence-electron chi connectivity index (χ4n) is 2.21. The van der Waals surface area contributed by atoms with Gasteiger partial charge in [-0.15, -0.1) is 0 Å². The minimum Gasteiger partial charge on any atom is -0.342 e. The van der Waals surface area contributed by atoms with Gasteiger partial charge in [0.2, 0.25) is 5.78 Å². The number of carbonyl (C=O) groups is 1. The molecule has 0 spiro atoms. The molecule has 0 unspecified atom stereocenters. The Labute approximate surface area is 122 Å². The lowest BCUT2D eigenvalue weighted by atomic mass is 9.94. The second kappa shape index (κ2) is 5.01. The first-order valence-corrected chi connectivity index (χ1v) is 6.74. The Morgan fingerprint density at radius 2 is 1.95 bits per heavy atom. The van der Waals surface area contributed by atoms with Crippen molar-refractivity contribution in [1.29, 1.82) is 0 Å². The third-order valence-electron chi connectivity index (χ3n) is 3.39. The van der Waals surface area contributed by atoms with E-state index in [1.165, 1.54) is 0 Å². The molecular formula is C16H16N4O. The van der Waals surface area contributed by atoms with E-state index >= 15 is 0 Å². The van der Waals surface area contributed by atoms with Crippen molar-refractivity contribution in [3.05, 3.63) is 66.2 Å². The predicted molar refractivity (Wildman–Crippen MR) is 79.9 cm³/mol. The molecule has 5 nitrogen and oxygen atoms in total. The van der Waals surface area contributed by atoms with Crippen molar-refractivity contribution >= 4 is 11.7 Å². The molecule has 0 atom stereocenters. The van der Waals surface area contributed by atoms with Crippen LogP contribution in [0, 0.1) is 0 Å². The van der Waals surface area contributed by atoms with Crippen molar-refractivity contribution in [2.75, 3.05) is 0 Å². The number of hydrogen-bond acceptors (Lipinski definition) is 3. The highest BCUT2D eigenvalue weighted by atomic mass is 16.2. The van der Waals surface area contributed by atoms with Crippen LogP contribution in [0.4, 0.5) is 0 Å². The van der Waals surface area contributed by atoms with Crippen LogP contribution in [0.15, 0.2) is 55.0 Å². The number of aromatic nitrogens is 3. The van der Waals surface area contributed by atoms with Gasteiger partial charge in [-0.2, -0.15) is 0 Å². The van der Waals surface area contributed by atoms with E-state index in [2.05, 4.69) is 15.3 Å². The molecule has 106 valence electrons. The average Bonchev–Trinajstić information content (AvgIpc) is 2.92. The van der Waals surface area contributed by atoms with Gasteiger partial charge in [-0.3, -0.25) is 9.20 Å². The number of imidazole rings is 1. The third-order valence-corrected chi connectivity index (χ3v) is 3.39. The number of nitrogens with zero attached hydrogens (tertiary/aromatic N) is 3. The van der Waals surface area contributed by atoms with Gasteiger partial charge in [0, 0.05) is 18.6 Å². The monoisotopic (exact) mass is 280 g/mol. The van der Waals surface area contributed by atoms with Crippen LogP contribution in [0.2, 0.25) is 0 Å². The summed E-state index contributed by atoms with van der Waals surface area (Å²) in [5.41, 5.74) is 0.930. The van der Waals surface area contributed by atoms with E-state index in [-0.39, 0.29) is 5.91 Å². The van der Waals surface area contributed by atoms with Gasteiger partial charge >= 0.3 is 0 Å². The summed E-state index contributed by atoms with van der Waals surface area (Å²) in [6.07, 6.45) is 5.14. The fourth-order valence-corrected chi connectivity index (χ4v) is 2.21. The zero-order valence-electron chi connectivity index (χ0n) is 11.9. The van der Waals surface area contributed by atoms with Crippen LogP contribution in [0.3, 0.4) is 0 Å². The van der Waals surface area contributed by atoms with Crippen molar-refractivity contribution in [3.63, 3.8) is 0 Å². The van der Waals surface area contributed by atoms with Crippen LogP contribution in [-0.4, -0.2) is 20.3 Å². The van der Waals surface area contributed by atoms with Gasteiger partial charge in [-0.1, -0.05) is 30.3 Å². The molecule has 2 aromatic heterocycles. The zero-order chi connectivity index (χ0) is 14.9. The molecule has 0 bridgehead atoms. The second-order valence-electron chi connectivity index (χ2n) is 5.40. The summed E-state index contributed by atoms with van der Waals surface area (Å²) in [6, 6.07) is 11.6. The molecule has 0 saturated heterocycles. The zero-order valence-corrected chi connectivity index (χ0v) is 11.9.